The van der Waals surface area contributed by atoms with E-state index in [1.807, 2.05) is 61.5 Å². The van der Waals surface area contributed by atoms with Crippen molar-refractivity contribution in [3.05, 3.63) is 53.1 Å². The van der Waals surface area contributed by atoms with Gasteiger partial charge in [0.1, 0.15) is 5.52 Å². The van der Waals surface area contributed by atoms with Crippen molar-refractivity contribution in [3.63, 3.8) is 0 Å². The van der Waals surface area contributed by atoms with Gasteiger partial charge in [-0.2, -0.15) is 10.1 Å². The number of anilines is 2. The predicted octanol–water partition coefficient (Wildman–Crippen LogP) is 4.16. The van der Waals surface area contributed by atoms with E-state index in [-0.39, 0.29) is 0 Å². The topological polar surface area (TPSA) is 71.2 Å². The molecule has 1 N–H and O–H groups in total. The Labute approximate surface area is 167 Å². The SMILES string of the molecule is CCn1c2ccc(Cl)cc2c2nnc(N/N=C/c3ccc(N(C)C)cc3)nc21. The van der Waals surface area contributed by atoms with Crippen LogP contribution in [-0.4, -0.2) is 40.1 Å². The number of nitrogens with zero attached hydrogens (tertiary/aromatic N) is 6. The van der Waals surface area contributed by atoms with Gasteiger partial charge in [0, 0.05) is 36.7 Å². The molecule has 0 atom stereocenters. The maximum atomic E-state index is 6.14. The Morgan fingerprint density at radius 1 is 1.14 bits per heavy atom. The number of halogens is 1. The van der Waals surface area contributed by atoms with Gasteiger partial charge in [0.25, 0.3) is 5.95 Å². The number of rotatable bonds is 5. The molecule has 2 aromatic carbocycles. The van der Waals surface area contributed by atoms with Crippen LogP contribution in [0, 0.1) is 0 Å². The molecular formula is C20H20ClN7. The van der Waals surface area contributed by atoms with Crippen LogP contribution in [0.15, 0.2) is 47.6 Å². The van der Waals surface area contributed by atoms with Crippen LogP contribution < -0.4 is 10.3 Å². The summed E-state index contributed by atoms with van der Waals surface area (Å²) in [6.07, 6.45) is 1.72. The van der Waals surface area contributed by atoms with E-state index in [1.54, 1.807) is 6.21 Å². The zero-order valence-corrected chi connectivity index (χ0v) is 16.6. The average Bonchev–Trinajstić information content (AvgIpc) is 3.00. The van der Waals surface area contributed by atoms with Gasteiger partial charge in [0.2, 0.25) is 0 Å². The van der Waals surface area contributed by atoms with Crippen LogP contribution in [0.1, 0.15) is 12.5 Å². The number of fused-ring (bicyclic) bond motifs is 3. The van der Waals surface area contributed by atoms with Crippen molar-refractivity contribution in [2.45, 2.75) is 13.5 Å². The molecule has 0 bridgehead atoms. The summed E-state index contributed by atoms with van der Waals surface area (Å²) in [5, 5.41) is 14.3. The van der Waals surface area contributed by atoms with Crippen molar-refractivity contribution in [1.82, 2.24) is 19.7 Å². The highest BCUT2D eigenvalue weighted by Crippen LogP contribution is 2.28. The summed E-state index contributed by atoms with van der Waals surface area (Å²) in [5.41, 5.74) is 7.49. The Kier molecular flexibility index (Phi) is 4.83. The number of aryl methyl sites for hydroxylation is 1. The van der Waals surface area contributed by atoms with E-state index < -0.39 is 0 Å². The summed E-state index contributed by atoms with van der Waals surface area (Å²) in [5.74, 6) is 0.345. The molecule has 4 aromatic rings. The lowest BCUT2D eigenvalue weighted by molar-refractivity contribution is 0.811. The fourth-order valence-corrected chi connectivity index (χ4v) is 3.29. The third-order valence-electron chi connectivity index (χ3n) is 4.53. The van der Waals surface area contributed by atoms with Gasteiger partial charge in [-0.05, 0) is 42.8 Å². The largest absolute Gasteiger partial charge is 0.378 e. The molecule has 0 saturated heterocycles. The minimum absolute atomic E-state index is 0.345. The summed E-state index contributed by atoms with van der Waals surface area (Å²) < 4.78 is 2.09. The molecule has 4 rings (SSSR count). The van der Waals surface area contributed by atoms with Crippen molar-refractivity contribution in [3.8, 4) is 0 Å². The molecule has 2 heterocycles. The van der Waals surface area contributed by atoms with Gasteiger partial charge in [-0.3, -0.25) is 0 Å². The lowest BCUT2D eigenvalue weighted by Gasteiger charge is -2.11. The minimum Gasteiger partial charge on any atom is -0.378 e. The number of aromatic nitrogens is 4. The maximum Gasteiger partial charge on any atom is 0.265 e. The summed E-state index contributed by atoms with van der Waals surface area (Å²) in [7, 11) is 4.02. The van der Waals surface area contributed by atoms with E-state index in [0.29, 0.717) is 11.0 Å². The quantitative estimate of drug-likeness (QED) is 0.407. The first-order valence-corrected chi connectivity index (χ1v) is 9.33. The Morgan fingerprint density at radius 2 is 1.93 bits per heavy atom. The van der Waals surface area contributed by atoms with E-state index >= 15 is 0 Å². The Hall–Kier alpha value is -3.19. The van der Waals surface area contributed by atoms with E-state index in [9.17, 15) is 0 Å². The number of hydrogen-bond acceptors (Lipinski definition) is 6. The average molecular weight is 394 g/mol. The smallest absolute Gasteiger partial charge is 0.265 e. The number of hydrogen-bond donors (Lipinski definition) is 1. The summed E-state index contributed by atoms with van der Waals surface area (Å²) >= 11 is 6.14. The maximum absolute atomic E-state index is 6.14. The zero-order valence-electron chi connectivity index (χ0n) is 15.9. The second-order valence-corrected chi connectivity index (χ2v) is 7.01. The first kappa shape index (κ1) is 18.2. The molecule has 0 saturated carbocycles. The predicted molar refractivity (Wildman–Crippen MR) is 115 cm³/mol. The summed E-state index contributed by atoms with van der Waals surface area (Å²) in [6, 6.07) is 13.8. The Morgan fingerprint density at radius 3 is 2.64 bits per heavy atom. The second-order valence-electron chi connectivity index (χ2n) is 6.57. The third kappa shape index (κ3) is 3.36. The summed E-state index contributed by atoms with van der Waals surface area (Å²) in [4.78, 5) is 6.65. The van der Waals surface area contributed by atoms with Gasteiger partial charge in [0.15, 0.2) is 5.65 Å². The molecule has 7 nitrogen and oxygen atoms in total. The number of benzene rings is 2. The van der Waals surface area contributed by atoms with Gasteiger partial charge in [-0.1, -0.05) is 23.7 Å². The molecule has 142 valence electrons. The molecule has 0 spiro atoms. The molecule has 0 unspecified atom stereocenters. The zero-order chi connectivity index (χ0) is 19.7. The van der Waals surface area contributed by atoms with E-state index in [2.05, 4.69) is 37.2 Å². The molecule has 0 aliphatic carbocycles. The monoisotopic (exact) mass is 393 g/mol. The van der Waals surface area contributed by atoms with Crippen LogP contribution in [0.25, 0.3) is 22.1 Å². The second kappa shape index (κ2) is 7.44. The third-order valence-corrected chi connectivity index (χ3v) is 4.77. The molecule has 0 aliphatic rings. The lowest BCUT2D eigenvalue weighted by Crippen LogP contribution is -2.08. The molecule has 0 radical (unpaired) electrons. The molecular weight excluding hydrogens is 374 g/mol. The van der Waals surface area contributed by atoms with Gasteiger partial charge in [-0.15, -0.1) is 10.2 Å². The van der Waals surface area contributed by atoms with Crippen molar-refractivity contribution in [2.24, 2.45) is 5.10 Å². The highest BCUT2D eigenvalue weighted by Gasteiger charge is 2.14. The van der Waals surface area contributed by atoms with Crippen LogP contribution >= 0.6 is 11.6 Å². The Bertz CT molecular complexity index is 1160. The van der Waals surface area contributed by atoms with Crippen molar-refractivity contribution in [2.75, 3.05) is 24.4 Å². The van der Waals surface area contributed by atoms with Crippen LogP contribution in [0.3, 0.4) is 0 Å². The van der Waals surface area contributed by atoms with Crippen molar-refractivity contribution >= 4 is 51.5 Å². The molecule has 0 amide bonds. The van der Waals surface area contributed by atoms with Crippen LogP contribution in [0.2, 0.25) is 5.02 Å². The first-order valence-electron chi connectivity index (χ1n) is 8.95. The van der Waals surface area contributed by atoms with Crippen LogP contribution in [-0.2, 0) is 6.54 Å². The first-order chi connectivity index (χ1) is 13.6. The normalized spacial score (nSPS) is 11.6. The van der Waals surface area contributed by atoms with Crippen LogP contribution in [0.4, 0.5) is 11.6 Å². The van der Waals surface area contributed by atoms with Gasteiger partial charge >= 0.3 is 0 Å². The molecule has 2 aromatic heterocycles. The van der Waals surface area contributed by atoms with Crippen molar-refractivity contribution in [1.29, 1.82) is 0 Å². The van der Waals surface area contributed by atoms with Gasteiger partial charge in [-0.25, -0.2) is 5.43 Å². The van der Waals surface area contributed by atoms with Crippen LogP contribution in [0.5, 0.6) is 0 Å². The van der Waals surface area contributed by atoms with Gasteiger partial charge in [0.05, 0.1) is 11.7 Å². The van der Waals surface area contributed by atoms with E-state index in [0.717, 1.165) is 39.9 Å². The van der Waals surface area contributed by atoms with E-state index in [4.69, 9.17) is 11.6 Å². The molecule has 28 heavy (non-hydrogen) atoms. The standard InChI is InChI=1S/C20H20ClN7/c1-4-28-17-10-7-14(21)11-16(17)18-19(28)23-20(26-24-18)25-22-12-13-5-8-15(9-6-13)27(2)3/h5-12H,4H2,1-3H3,(H,23,25,26)/b22-12+. The lowest BCUT2D eigenvalue weighted by atomic mass is 10.2. The highest BCUT2D eigenvalue weighted by atomic mass is 35.5. The minimum atomic E-state index is 0.345. The molecule has 8 heteroatoms. The fourth-order valence-electron chi connectivity index (χ4n) is 3.12. The molecule has 0 aliphatic heterocycles. The highest BCUT2D eigenvalue weighted by molar-refractivity contribution is 6.31. The fraction of sp³-hybridized carbons (Fsp3) is 0.200. The molecule has 0 fully saturated rings. The van der Waals surface area contributed by atoms with Crippen molar-refractivity contribution < 1.29 is 0 Å². The number of hydrazone groups is 1. The Balaban J connectivity index is 1.62. The van der Waals surface area contributed by atoms with Gasteiger partial charge < -0.3 is 9.47 Å². The summed E-state index contributed by atoms with van der Waals surface area (Å²) in [6.45, 7) is 2.83. The number of nitrogens with one attached hydrogen (secondary N) is 1. The van der Waals surface area contributed by atoms with E-state index in [1.165, 1.54) is 0 Å².